The number of alkyl halides is 3. The number of rotatable bonds is 3. The number of anilines is 2. The molecule has 120 valence electrons. The van der Waals surface area contributed by atoms with Gasteiger partial charge in [-0.1, -0.05) is 12.1 Å². The molecule has 0 saturated carbocycles. The fraction of sp³-hybridized carbons (Fsp3) is 0.214. The lowest BCUT2D eigenvalue weighted by molar-refractivity contribution is -0.115. The molecule has 0 aliphatic carbocycles. The van der Waals surface area contributed by atoms with Crippen LogP contribution in [0.25, 0.3) is 22.6 Å². The summed E-state index contributed by atoms with van der Waals surface area (Å²) in [6, 6.07) is 7.13. The number of nitrogens with one attached hydrogen (secondary N) is 1. The molecule has 0 aliphatic heterocycles. The number of benzene rings is 1. The molecule has 0 unspecified atom stereocenters. The number of oxazole rings is 1. The first-order valence-corrected chi connectivity index (χ1v) is 6.64. The van der Waals surface area contributed by atoms with Crippen molar-refractivity contribution in [1.82, 2.24) is 15.0 Å². The Morgan fingerprint density at radius 3 is 2.57 bits per heavy atom. The van der Waals surface area contributed by atoms with E-state index >= 15 is 0 Å². The quantitative estimate of drug-likeness (QED) is 0.769. The summed E-state index contributed by atoms with van der Waals surface area (Å²) in [6.07, 6.45) is -4.37. The molecule has 0 spiro atoms. The summed E-state index contributed by atoms with van der Waals surface area (Å²) in [5, 5.41) is 2.09. The number of aryl methyl sites for hydroxylation is 1. The molecule has 2 heterocycles. The number of hydrogen-bond donors (Lipinski definition) is 2. The number of aromatic nitrogens is 3. The Kier molecular flexibility index (Phi) is 3.55. The lowest BCUT2D eigenvalue weighted by Crippen LogP contribution is -2.22. The summed E-state index contributed by atoms with van der Waals surface area (Å²) in [6.45, 7) is 0.356. The number of hydrogen-bond acceptors (Lipinski definition) is 6. The first-order chi connectivity index (χ1) is 10.8. The maximum absolute atomic E-state index is 12.2. The summed E-state index contributed by atoms with van der Waals surface area (Å²) in [5.74, 6) is 0.0227. The molecule has 0 aliphatic rings. The third-order valence-electron chi connectivity index (χ3n) is 3.07. The van der Waals surface area contributed by atoms with Crippen LogP contribution < -0.4 is 11.1 Å². The van der Waals surface area contributed by atoms with E-state index in [-0.39, 0.29) is 17.7 Å². The molecule has 0 saturated heterocycles. The smallest absolute Gasteiger partial charge is 0.405 e. The molecular weight excluding hydrogens is 311 g/mol. The monoisotopic (exact) mass is 323 g/mol. The van der Waals surface area contributed by atoms with E-state index < -0.39 is 12.7 Å². The van der Waals surface area contributed by atoms with E-state index in [4.69, 9.17) is 10.2 Å². The number of nitrogen functional groups attached to an aromatic ring is 1. The second-order valence-corrected chi connectivity index (χ2v) is 4.85. The molecule has 0 atom stereocenters. The Hall–Kier alpha value is -2.84. The van der Waals surface area contributed by atoms with Gasteiger partial charge in [0.05, 0.1) is 5.69 Å². The van der Waals surface area contributed by atoms with Crippen LogP contribution in [0.5, 0.6) is 0 Å². The molecule has 0 bridgehead atoms. The zero-order valence-electron chi connectivity index (χ0n) is 12.0. The number of para-hydroxylation sites is 2. The fourth-order valence-corrected chi connectivity index (χ4v) is 2.10. The first-order valence-electron chi connectivity index (χ1n) is 6.64. The molecule has 3 N–H and O–H groups in total. The molecule has 9 heteroatoms. The first kappa shape index (κ1) is 15.1. The van der Waals surface area contributed by atoms with Crippen LogP contribution >= 0.6 is 0 Å². The lowest BCUT2D eigenvalue weighted by atomic mass is 10.2. The molecule has 0 fully saturated rings. The van der Waals surface area contributed by atoms with Crippen LogP contribution in [0, 0.1) is 6.92 Å². The van der Waals surface area contributed by atoms with Gasteiger partial charge in [-0.3, -0.25) is 0 Å². The van der Waals surface area contributed by atoms with Crippen molar-refractivity contribution in [3.8, 4) is 11.5 Å². The highest BCUT2D eigenvalue weighted by molar-refractivity contribution is 5.79. The predicted molar refractivity (Wildman–Crippen MR) is 78.7 cm³/mol. The number of nitrogens with zero attached hydrogens (tertiary/aromatic N) is 3. The van der Waals surface area contributed by atoms with Crippen molar-refractivity contribution in [3.63, 3.8) is 0 Å². The Bertz CT molecular complexity index is 803. The van der Waals surface area contributed by atoms with E-state index in [0.717, 1.165) is 0 Å². The molecule has 23 heavy (non-hydrogen) atoms. The normalized spacial score (nSPS) is 11.8. The van der Waals surface area contributed by atoms with Gasteiger partial charge in [-0.25, -0.2) is 9.97 Å². The van der Waals surface area contributed by atoms with Crippen molar-refractivity contribution < 1.29 is 17.6 Å². The predicted octanol–water partition coefficient (Wildman–Crippen LogP) is 3.15. The van der Waals surface area contributed by atoms with Crippen molar-refractivity contribution >= 4 is 22.9 Å². The average Bonchev–Trinajstić information content (AvgIpc) is 2.87. The summed E-state index contributed by atoms with van der Waals surface area (Å²) >= 11 is 0. The maximum Gasteiger partial charge on any atom is 0.405 e. The van der Waals surface area contributed by atoms with Crippen molar-refractivity contribution in [2.75, 3.05) is 17.6 Å². The molecule has 0 amide bonds. The van der Waals surface area contributed by atoms with Gasteiger partial charge in [0.25, 0.3) is 0 Å². The van der Waals surface area contributed by atoms with E-state index in [2.05, 4.69) is 20.3 Å². The Balaban J connectivity index is 1.97. The Morgan fingerprint density at radius 1 is 1.17 bits per heavy atom. The molecule has 6 nitrogen and oxygen atoms in total. The highest BCUT2D eigenvalue weighted by Gasteiger charge is 2.27. The van der Waals surface area contributed by atoms with E-state index in [0.29, 0.717) is 22.4 Å². The zero-order valence-corrected chi connectivity index (χ0v) is 12.0. The van der Waals surface area contributed by atoms with Gasteiger partial charge in [0.1, 0.15) is 23.4 Å². The van der Waals surface area contributed by atoms with Crippen molar-refractivity contribution in [2.45, 2.75) is 13.1 Å². The highest BCUT2D eigenvalue weighted by atomic mass is 19.4. The fourth-order valence-electron chi connectivity index (χ4n) is 2.10. The van der Waals surface area contributed by atoms with Crippen LogP contribution in [0.1, 0.15) is 5.69 Å². The Morgan fingerprint density at radius 2 is 1.91 bits per heavy atom. The van der Waals surface area contributed by atoms with E-state index in [1.807, 2.05) is 6.07 Å². The molecule has 2 aromatic heterocycles. The van der Waals surface area contributed by atoms with Crippen LogP contribution in [0.4, 0.5) is 24.9 Å². The number of halogens is 3. The van der Waals surface area contributed by atoms with E-state index in [1.54, 1.807) is 25.1 Å². The molecule has 0 radical (unpaired) electrons. The molecular formula is C14H12F3N5O. The largest absolute Gasteiger partial charge is 0.436 e. The number of fused-ring (bicyclic) bond motifs is 1. The van der Waals surface area contributed by atoms with Gasteiger partial charge in [-0.15, -0.1) is 0 Å². The van der Waals surface area contributed by atoms with E-state index in [1.165, 1.54) is 0 Å². The average molecular weight is 323 g/mol. The molecule has 1 aromatic carbocycles. The van der Waals surface area contributed by atoms with Crippen molar-refractivity contribution in [2.24, 2.45) is 0 Å². The third kappa shape index (κ3) is 3.17. The van der Waals surface area contributed by atoms with Gasteiger partial charge in [0, 0.05) is 0 Å². The summed E-state index contributed by atoms with van der Waals surface area (Å²) in [5.41, 5.74) is 7.78. The van der Waals surface area contributed by atoms with Gasteiger partial charge in [0.2, 0.25) is 11.8 Å². The lowest BCUT2D eigenvalue weighted by Gasteiger charge is -2.11. The number of nitrogens with two attached hydrogens (primary N) is 1. The van der Waals surface area contributed by atoms with Crippen molar-refractivity contribution in [3.05, 3.63) is 30.0 Å². The van der Waals surface area contributed by atoms with Gasteiger partial charge >= 0.3 is 6.18 Å². The minimum atomic E-state index is -4.37. The van der Waals surface area contributed by atoms with Crippen LogP contribution in [0.15, 0.2) is 28.7 Å². The topological polar surface area (TPSA) is 89.9 Å². The Labute approximate surface area is 128 Å². The minimum Gasteiger partial charge on any atom is -0.436 e. The van der Waals surface area contributed by atoms with Gasteiger partial charge in [-0.2, -0.15) is 18.2 Å². The van der Waals surface area contributed by atoms with Crippen LogP contribution in [-0.2, 0) is 0 Å². The second kappa shape index (κ2) is 5.41. The second-order valence-electron chi connectivity index (χ2n) is 4.85. The van der Waals surface area contributed by atoms with Crippen LogP contribution in [0.3, 0.4) is 0 Å². The molecule has 3 rings (SSSR count). The van der Waals surface area contributed by atoms with Crippen LogP contribution in [-0.4, -0.2) is 27.7 Å². The van der Waals surface area contributed by atoms with Gasteiger partial charge in [0.15, 0.2) is 5.58 Å². The third-order valence-corrected chi connectivity index (χ3v) is 3.07. The summed E-state index contributed by atoms with van der Waals surface area (Å²) in [7, 11) is 0. The highest BCUT2D eigenvalue weighted by Crippen LogP contribution is 2.30. The van der Waals surface area contributed by atoms with Gasteiger partial charge in [-0.05, 0) is 19.1 Å². The zero-order chi connectivity index (χ0) is 16.6. The SMILES string of the molecule is Cc1nc(NCC(F)(F)F)nc(N)c1-c1nc2ccccc2o1. The maximum atomic E-state index is 12.2. The van der Waals surface area contributed by atoms with Crippen molar-refractivity contribution in [1.29, 1.82) is 0 Å². The molecule has 3 aromatic rings. The summed E-state index contributed by atoms with van der Waals surface area (Å²) in [4.78, 5) is 12.1. The van der Waals surface area contributed by atoms with E-state index in [9.17, 15) is 13.2 Å². The van der Waals surface area contributed by atoms with Crippen LogP contribution in [0.2, 0.25) is 0 Å². The standard InChI is InChI=1S/C14H12F3N5O/c1-7-10(12-21-8-4-2-3-5-9(8)23-12)11(18)22-13(20-7)19-6-14(15,16)17/h2-5H,6H2,1H3,(H3,18,19,20,22). The van der Waals surface area contributed by atoms with Gasteiger partial charge < -0.3 is 15.5 Å². The summed E-state index contributed by atoms with van der Waals surface area (Å²) < 4.78 is 42.3. The minimum absolute atomic E-state index is 0.00580.